The predicted octanol–water partition coefficient (Wildman–Crippen LogP) is 2.22. The fourth-order valence-electron chi connectivity index (χ4n) is 2.04. The lowest BCUT2D eigenvalue weighted by Crippen LogP contribution is -2.21. The Morgan fingerprint density at radius 2 is 2.10 bits per heavy atom. The van der Waals surface area contributed by atoms with E-state index < -0.39 is 0 Å². The zero-order valence-corrected chi connectivity index (χ0v) is 11.6. The Balaban J connectivity index is 1.85. The molecule has 2 aromatic rings. The first kappa shape index (κ1) is 14.2. The van der Waals surface area contributed by atoms with Gasteiger partial charge in [-0.15, -0.1) is 0 Å². The number of benzene rings is 1. The lowest BCUT2D eigenvalue weighted by Gasteiger charge is -2.13. The number of hydrogen-bond acceptors (Lipinski definition) is 4. The summed E-state index contributed by atoms with van der Waals surface area (Å²) in [5, 5.41) is 18.1. The van der Waals surface area contributed by atoms with Gasteiger partial charge in [-0.25, -0.2) is 0 Å². The average Bonchev–Trinajstić information content (AvgIpc) is 2.84. The van der Waals surface area contributed by atoms with Crippen molar-refractivity contribution in [1.82, 2.24) is 15.1 Å². The summed E-state index contributed by atoms with van der Waals surface area (Å²) in [4.78, 5) is 10.2. The van der Waals surface area contributed by atoms with Crippen molar-refractivity contribution < 1.29 is 4.92 Å². The molecular formula is C14H18N4O2. The van der Waals surface area contributed by atoms with Gasteiger partial charge in [-0.05, 0) is 31.0 Å². The van der Waals surface area contributed by atoms with E-state index in [0.717, 1.165) is 18.5 Å². The van der Waals surface area contributed by atoms with Crippen LogP contribution in [0.2, 0.25) is 0 Å². The SMILES string of the molecule is CC(NCCc1cnn(C)c1)c1ccc([N+](=O)[O-])cc1. The molecule has 1 aromatic heterocycles. The van der Waals surface area contributed by atoms with Gasteiger partial charge in [-0.2, -0.15) is 5.10 Å². The first-order chi connectivity index (χ1) is 9.56. The van der Waals surface area contributed by atoms with Gasteiger partial charge < -0.3 is 5.32 Å². The van der Waals surface area contributed by atoms with E-state index >= 15 is 0 Å². The summed E-state index contributed by atoms with van der Waals surface area (Å²) < 4.78 is 1.79. The topological polar surface area (TPSA) is 73.0 Å². The summed E-state index contributed by atoms with van der Waals surface area (Å²) in [6.07, 6.45) is 4.77. The number of nitrogens with zero attached hydrogens (tertiary/aromatic N) is 3. The molecule has 0 saturated heterocycles. The van der Waals surface area contributed by atoms with Crippen molar-refractivity contribution in [1.29, 1.82) is 0 Å². The largest absolute Gasteiger partial charge is 0.310 e. The number of aryl methyl sites for hydroxylation is 1. The highest BCUT2D eigenvalue weighted by Gasteiger charge is 2.08. The molecule has 6 heteroatoms. The van der Waals surface area contributed by atoms with E-state index in [2.05, 4.69) is 10.4 Å². The Kier molecular flexibility index (Phi) is 4.47. The van der Waals surface area contributed by atoms with Crippen LogP contribution < -0.4 is 5.32 Å². The minimum Gasteiger partial charge on any atom is -0.310 e. The molecule has 106 valence electrons. The van der Waals surface area contributed by atoms with E-state index in [-0.39, 0.29) is 16.7 Å². The first-order valence-corrected chi connectivity index (χ1v) is 6.51. The smallest absolute Gasteiger partial charge is 0.269 e. The van der Waals surface area contributed by atoms with Gasteiger partial charge in [-0.3, -0.25) is 14.8 Å². The van der Waals surface area contributed by atoms with Crippen LogP contribution in [0.4, 0.5) is 5.69 Å². The lowest BCUT2D eigenvalue weighted by molar-refractivity contribution is -0.384. The Morgan fingerprint density at radius 1 is 1.40 bits per heavy atom. The Labute approximate surface area is 117 Å². The third-order valence-electron chi connectivity index (χ3n) is 3.23. The number of hydrogen-bond donors (Lipinski definition) is 1. The standard InChI is InChI=1S/C14H18N4O2/c1-11(13-3-5-14(6-4-13)18(19)20)15-8-7-12-9-16-17(2)10-12/h3-6,9-11,15H,7-8H2,1-2H3. The van der Waals surface area contributed by atoms with Crippen molar-refractivity contribution in [3.05, 3.63) is 57.9 Å². The maximum Gasteiger partial charge on any atom is 0.269 e. The van der Waals surface area contributed by atoms with Crippen LogP contribution in [-0.2, 0) is 13.5 Å². The highest BCUT2D eigenvalue weighted by molar-refractivity contribution is 5.34. The molecule has 0 aliphatic carbocycles. The summed E-state index contributed by atoms with van der Waals surface area (Å²) in [6.45, 7) is 2.88. The molecular weight excluding hydrogens is 256 g/mol. The summed E-state index contributed by atoms with van der Waals surface area (Å²) in [5.74, 6) is 0. The maximum atomic E-state index is 10.6. The first-order valence-electron chi connectivity index (χ1n) is 6.51. The Morgan fingerprint density at radius 3 is 2.65 bits per heavy atom. The molecule has 1 heterocycles. The zero-order chi connectivity index (χ0) is 14.5. The van der Waals surface area contributed by atoms with Crippen molar-refractivity contribution in [2.45, 2.75) is 19.4 Å². The maximum absolute atomic E-state index is 10.6. The number of nitrogens with one attached hydrogen (secondary N) is 1. The monoisotopic (exact) mass is 274 g/mol. The molecule has 0 radical (unpaired) electrons. The van der Waals surface area contributed by atoms with E-state index in [9.17, 15) is 10.1 Å². The minimum absolute atomic E-state index is 0.122. The normalized spacial score (nSPS) is 12.3. The highest BCUT2D eigenvalue weighted by Crippen LogP contribution is 2.17. The van der Waals surface area contributed by atoms with Crippen molar-refractivity contribution >= 4 is 5.69 Å². The molecule has 0 saturated carbocycles. The van der Waals surface area contributed by atoms with Crippen LogP contribution in [0.5, 0.6) is 0 Å². The molecule has 1 N–H and O–H groups in total. The summed E-state index contributed by atoms with van der Waals surface area (Å²) in [6, 6.07) is 6.82. The quantitative estimate of drug-likeness (QED) is 0.647. The summed E-state index contributed by atoms with van der Waals surface area (Å²) in [5.41, 5.74) is 2.36. The lowest BCUT2D eigenvalue weighted by atomic mass is 10.1. The Hall–Kier alpha value is -2.21. The molecule has 1 atom stereocenters. The van der Waals surface area contributed by atoms with Crippen molar-refractivity contribution in [3.8, 4) is 0 Å². The molecule has 0 fully saturated rings. The third kappa shape index (κ3) is 3.64. The number of aromatic nitrogens is 2. The second kappa shape index (κ2) is 6.29. The van der Waals surface area contributed by atoms with E-state index in [0.29, 0.717) is 0 Å². The third-order valence-corrected chi connectivity index (χ3v) is 3.23. The molecule has 6 nitrogen and oxygen atoms in total. The number of non-ortho nitro benzene ring substituents is 1. The Bertz CT molecular complexity index is 577. The van der Waals surface area contributed by atoms with Crippen molar-refractivity contribution in [2.75, 3.05) is 6.54 Å². The van der Waals surface area contributed by atoms with Gasteiger partial charge in [0, 0.05) is 31.4 Å². The van der Waals surface area contributed by atoms with Gasteiger partial charge in [0.15, 0.2) is 0 Å². The number of nitro benzene ring substituents is 1. The number of rotatable bonds is 6. The van der Waals surface area contributed by atoms with Gasteiger partial charge in [-0.1, -0.05) is 12.1 Å². The molecule has 1 aromatic carbocycles. The van der Waals surface area contributed by atoms with Gasteiger partial charge >= 0.3 is 0 Å². The molecule has 2 rings (SSSR count). The van der Waals surface area contributed by atoms with E-state index in [1.54, 1.807) is 16.8 Å². The van der Waals surface area contributed by atoms with Crippen LogP contribution >= 0.6 is 0 Å². The van der Waals surface area contributed by atoms with E-state index in [4.69, 9.17) is 0 Å². The molecule has 0 aliphatic rings. The molecule has 0 amide bonds. The fraction of sp³-hybridized carbons (Fsp3) is 0.357. The van der Waals surface area contributed by atoms with Gasteiger partial charge in [0.2, 0.25) is 0 Å². The number of nitro groups is 1. The van der Waals surface area contributed by atoms with Crippen LogP contribution in [0.1, 0.15) is 24.1 Å². The molecule has 0 aliphatic heterocycles. The predicted molar refractivity (Wildman–Crippen MR) is 76.4 cm³/mol. The van der Waals surface area contributed by atoms with Gasteiger partial charge in [0.25, 0.3) is 5.69 Å². The van der Waals surface area contributed by atoms with Gasteiger partial charge in [0.05, 0.1) is 11.1 Å². The molecule has 20 heavy (non-hydrogen) atoms. The van der Waals surface area contributed by atoms with Crippen molar-refractivity contribution in [3.63, 3.8) is 0 Å². The molecule has 0 bridgehead atoms. The van der Waals surface area contributed by atoms with Crippen molar-refractivity contribution in [2.24, 2.45) is 7.05 Å². The summed E-state index contributed by atoms with van der Waals surface area (Å²) in [7, 11) is 1.90. The van der Waals surface area contributed by atoms with E-state index in [1.807, 2.05) is 26.4 Å². The van der Waals surface area contributed by atoms with Gasteiger partial charge in [0.1, 0.15) is 0 Å². The average molecular weight is 274 g/mol. The van der Waals surface area contributed by atoms with Crippen LogP contribution in [-0.4, -0.2) is 21.2 Å². The van der Waals surface area contributed by atoms with Crippen LogP contribution in [0.3, 0.4) is 0 Å². The second-order valence-corrected chi connectivity index (χ2v) is 4.80. The highest BCUT2D eigenvalue weighted by atomic mass is 16.6. The van der Waals surface area contributed by atoms with E-state index in [1.165, 1.54) is 17.7 Å². The second-order valence-electron chi connectivity index (χ2n) is 4.80. The zero-order valence-electron chi connectivity index (χ0n) is 11.6. The van der Waals surface area contributed by atoms with Crippen LogP contribution in [0.25, 0.3) is 0 Å². The fourth-order valence-corrected chi connectivity index (χ4v) is 2.04. The summed E-state index contributed by atoms with van der Waals surface area (Å²) >= 11 is 0. The minimum atomic E-state index is -0.385. The molecule has 0 spiro atoms. The molecule has 1 unspecified atom stereocenters. The van der Waals surface area contributed by atoms with Crippen LogP contribution in [0.15, 0.2) is 36.7 Å². The van der Waals surface area contributed by atoms with Crippen LogP contribution in [0, 0.1) is 10.1 Å².